The largest absolute Gasteiger partial charge is 0.0789 e. The van der Waals surface area contributed by atoms with Crippen molar-refractivity contribution >= 4 is 22.6 Å². The molecule has 1 fully saturated rings. The van der Waals surface area contributed by atoms with Crippen LogP contribution in [-0.4, -0.2) is 3.42 Å². The van der Waals surface area contributed by atoms with Crippen LogP contribution >= 0.6 is 22.6 Å². The van der Waals surface area contributed by atoms with Crippen molar-refractivity contribution in [1.29, 1.82) is 0 Å². The molecule has 2 rings (SSSR count). The zero-order valence-corrected chi connectivity index (χ0v) is 21.8. The van der Waals surface area contributed by atoms with Gasteiger partial charge in [-0.2, -0.15) is 0 Å². The monoisotopic (exact) mass is 496 g/mol. The van der Waals surface area contributed by atoms with Crippen LogP contribution in [0, 0.1) is 26.2 Å². The van der Waals surface area contributed by atoms with Gasteiger partial charge in [-0.1, -0.05) is 81.5 Å². The van der Waals surface area contributed by atoms with Crippen LogP contribution in [0.5, 0.6) is 0 Å². The Hall–Kier alpha value is -0.0500. The van der Waals surface area contributed by atoms with Crippen molar-refractivity contribution in [2.24, 2.45) is 5.41 Å². The van der Waals surface area contributed by atoms with Gasteiger partial charge >= 0.3 is 0 Å². The Morgan fingerprint density at radius 1 is 0.893 bits per heavy atom. The van der Waals surface area contributed by atoms with E-state index in [1.54, 1.807) is 22.3 Å². The predicted octanol–water partition coefficient (Wildman–Crippen LogP) is 9.22. The minimum Gasteiger partial charge on any atom is -0.0789 e. The van der Waals surface area contributed by atoms with E-state index in [1.807, 2.05) is 0 Å². The molecule has 0 aromatic heterocycles. The summed E-state index contributed by atoms with van der Waals surface area (Å²) in [5.74, 6) is 0. The third-order valence-corrected chi connectivity index (χ3v) is 9.09. The van der Waals surface area contributed by atoms with Gasteiger partial charge in [0.25, 0.3) is 0 Å². The van der Waals surface area contributed by atoms with E-state index < -0.39 is 0 Å². The summed E-state index contributed by atoms with van der Waals surface area (Å²) >= 11 is 2.69. The molecule has 0 bridgehead atoms. The summed E-state index contributed by atoms with van der Waals surface area (Å²) < 4.78 is 0.702. The molecule has 160 valence electrons. The van der Waals surface area contributed by atoms with Crippen molar-refractivity contribution in [3.05, 3.63) is 33.9 Å². The van der Waals surface area contributed by atoms with Crippen molar-refractivity contribution in [1.82, 2.24) is 0 Å². The van der Waals surface area contributed by atoms with E-state index in [4.69, 9.17) is 0 Å². The zero-order valence-electron chi connectivity index (χ0n) is 19.6. The lowest BCUT2D eigenvalue weighted by Crippen LogP contribution is -2.09. The smallest absolute Gasteiger partial charge is 0.0223 e. The number of hydrogen-bond donors (Lipinski definition) is 0. The van der Waals surface area contributed by atoms with Crippen molar-refractivity contribution < 1.29 is 0 Å². The Morgan fingerprint density at radius 2 is 1.54 bits per heavy atom. The normalized spacial score (nSPS) is 15.8. The third-order valence-electron chi connectivity index (χ3n) is 7.47. The molecule has 0 atom stereocenters. The fourth-order valence-electron chi connectivity index (χ4n) is 4.40. The van der Waals surface area contributed by atoms with E-state index >= 15 is 0 Å². The molecule has 0 unspecified atom stereocenters. The van der Waals surface area contributed by atoms with Crippen molar-refractivity contribution in [2.45, 2.75) is 128 Å². The summed E-state index contributed by atoms with van der Waals surface area (Å²) in [5.41, 5.74) is 8.47. The number of halogens is 1. The van der Waals surface area contributed by atoms with Gasteiger partial charge in [0.2, 0.25) is 0 Å². The predicted molar refractivity (Wildman–Crippen MR) is 135 cm³/mol. The van der Waals surface area contributed by atoms with Gasteiger partial charge in [-0.3, -0.25) is 0 Å². The first-order valence-corrected chi connectivity index (χ1v) is 13.0. The van der Waals surface area contributed by atoms with Crippen LogP contribution in [0.25, 0.3) is 0 Å². The van der Waals surface area contributed by atoms with Crippen molar-refractivity contribution in [2.75, 3.05) is 0 Å². The highest BCUT2D eigenvalue weighted by molar-refractivity contribution is 14.1. The summed E-state index contributed by atoms with van der Waals surface area (Å²) in [4.78, 5) is 0. The lowest BCUT2D eigenvalue weighted by molar-refractivity contribution is 0.308. The Balaban J connectivity index is 1.82. The molecule has 0 N–H and O–H groups in total. The topological polar surface area (TPSA) is 0 Å². The Kier molecular flexibility index (Phi) is 9.36. The van der Waals surface area contributed by atoms with Crippen LogP contribution < -0.4 is 0 Å². The fraction of sp³-hybridized carbons (Fsp3) is 0.778. The van der Waals surface area contributed by atoms with Crippen LogP contribution in [0.2, 0.25) is 0 Å². The van der Waals surface area contributed by atoms with Gasteiger partial charge in [-0.25, -0.2) is 0 Å². The van der Waals surface area contributed by atoms with Crippen molar-refractivity contribution in [3.63, 3.8) is 0 Å². The molecule has 0 aliphatic heterocycles. The standard InChI is InChI=1S/C27H45I/c1-7-26(5,6)16-12-9-11-15-25-22(3)21(2)20-24(23(25)4)14-10-8-13-17-27(28)18-19-27/h20H,7-19H2,1-6H3. The summed E-state index contributed by atoms with van der Waals surface area (Å²) in [6, 6.07) is 2.48. The molecule has 1 heteroatoms. The second-order valence-corrected chi connectivity index (χ2v) is 12.7. The van der Waals surface area contributed by atoms with Gasteiger partial charge in [-0.15, -0.1) is 0 Å². The van der Waals surface area contributed by atoms with E-state index in [-0.39, 0.29) is 0 Å². The molecule has 0 spiro atoms. The molecule has 1 aromatic carbocycles. The molecule has 0 nitrogen and oxygen atoms in total. The van der Waals surface area contributed by atoms with Crippen LogP contribution in [0.3, 0.4) is 0 Å². The maximum absolute atomic E-state index is 2.69. The van der Waals surface area contributed by atoms with E-state index in [2.05, 4.69) is 70.2 Å². The average Bonchev–Trinajstić information content (AvgIpc) is 3.38. The molecule has 0 radical (unpaired) electrons. The molecule has 28 heavy (non-hydrogen) atoms. The maximum atomic E-state index is 2.69. The maximum Gasteiger partial charge on any atom is 0.0223 e. The molecular weight excluding hydrogens is 451 g/mol. The lowest BCUT2D eigenvalue weighted by Gasteiger charge is -2.22. The average molecular weight is 497 g/mol. The van der Waals surface area contributed by atoms with Crippen LogP contribution in [-0.2, 0) is 12.8 Å². The van der Waals surface area contributed by atoms with Gasteiger partial charge in [0.05, 0.1) is 0 Å². The molecule has 1 saturated carbocycles. The van der Waals surface area contributed by atoms with Gasteiger partial charge < -0.3 is 0 Å². The number of rotatable bonds is 13. The molecule has 0 heterocycles. The van der Waals surface area contributed by atoms with Gasteiger partial charge in [0.1, 0.15) is 0 Å². The Morgan fingerprint density at radius 3 is 2.18 bits per heavy atom. The molecular formula is C27H45I. The minimum atomic E-state index is 0.527. The first-order chi connectivity index (χ1) is 13.2. The summed E-state index contributed by atoms with van der Waals surface area (Å²) in [6.45, 7) is 14.2. The zero-order chi connectivity index (χ0) is 20.8. The van der Waals surface area contributed by atoms with E-state index in [0.29, 0.717) is 8.84 Å². The first kappa shape index (κ1) is 24.2. The van der Waals surface area contributed by atoms with Crippen LogP contribution in [0.15, 0.2) is 6.07 Å². The van der Waals surface area contributed by atoms with Gasteiger partial charge in [0, 0.05) is 3.42 Å². The SMILES string of the molecule is CCC(C)(C)CCCCCc1c(C)c(C)cc(CCCCCC2(I)CC2)c1C. The lowest BCUT2D eigenvalue weighted by atomic mass is 9.84. The molecule has 1 aromatic rings. The first-order valence-electron chi connectivity index (χ1n) is 11.9. The highest BCUT2D eigenvalue weighted by Crippen LogP contribution is 2.49. The van der Waals surface area contributed by atoms with Crippen LogP contribution in [0.4, 0.5) is 0 Å². The Labute approximate surface area is 189 Å². The second kappa shape index (κ2) is 10.8. The van der Waals surface area contributed by atoms with Gasteiger partial charge in [0.15, 0.2) is 0 Å². The number of aryl methyl sites for hydroxylation is 2. The summed E-state index contributed by atoms with van der Waals surface area (Å²) in [5, 5.41) is 0. The fourth-order valence-corrected chi connectivity index (χ4v) is 5.06. The van der Waals surface area contributed by atoms with E-state index in [0.717, 1.165) is 0 Å². The number of hydrogen-bond acceptors (Lipinski definition) is 0. The molecule has 0 saturated heterocycles. The van der Waals surface area contributed by atoms with E-state index in [9.17, 15) is 0 Å². The van der Waals surface area contributed by atoms with E-state index in [1.165, 1.54) is 89.0 Å². The molecule has 1 aliphatic rings. The summed E-state index contributed by atoms with van der Waals surface area (Å²) in [6.07, 6.45) is 17.9. The Bertz CT molecular complexity index is 622. The summed E-state index contributed by atoms with van der Waals surface area (Å²) in [7, 11) is 0. The number of unbranched alkanes of at least 4 members (excludes halogenated alkanes) is 4. The van der Waals surface area contributed by atoms with Crippen molar-refractivity contribution in [3.8, 4) is 0 Å². The highest BCUT2D eigenvalue weighted by Gasteiger charge is 2.38. The molecule has 0 amide bonds. The second-order valence-electron chi connectivity index (χ2n) is 10.4. The number of benzene rings is 1. The minimum absolute atomic E-state index is 0.527. The van der Waals surface area contributed by atoms with Crippen LogP contribution in [0.1, 0.15) is 119 Å². The quantitative estimate of drug-likeness (QED) is 0.145. The highest BCUT2D eigenvalue weighted by atomic mass is 127. The van der Waals surface area contributed by atoms with Gasteiger partial charge in [-0.05, 0) is 105 Å². The number of alkyl halides is 1. The molecule has 1 aliphatic carbocycles. The third kappa shape index (κ3) is 7.65.